The minimum atomic E-state index is 0.190. The lowest BCUT2D eigenvalue weighted by Crippen LogP contribution is -2.09. The summed E-state index contributed by atoms with van der Waals surface area (Å²) >= 11 is 0. The van der Waals surface area contributed by atoms with Crippen LogP contribution in [0.15, 0.2) is 46.9 Å². The van der Waals surface area contributed by atoms with Crippen LogP contribution in [0, 0.1) is 38.5 Å². The quantitative estimate of drug-likeness (QED) is 0.779. The SMILES string of the molecule is Cc1ccc(C([C]2[CH][CH][CH][CH]2)c2ccccc2)o1. The summed E-state index contributed by atoms with van der Waals surface area (Å²) in [5, 5.41) is 0. The van der Waals surface area contributed by atoms with Crippen LogP contribution in [0.5, 0.6) is 0 Å². The second kappa shape index (κ2) is 5.01. The van der Waals surface area contributed by atoms with Gasteiger partial charge in [0.05, 0.1) is 0 Å². The average molecular weight is 235 g/mol. The zero-order valence-corrected chi connectivity index (χ0v) is 10.3. The molecule has 1 aliphatic rings. The van der Waals surface area contributed by atoms with Gasteiger partial charge in [0.25, 0.3) is 0 Å². The molecule has 1 atom stereocenters. The Morgan fingerprint density at radius 1 is 0.889 bits per heavy atom. The maximum absolute atomic E-state index is 5.82. The summed E-state index contributed by atoms with van der Waals surface area (Å²) in [7, 11) is 0. The van der Waals surface area contributed by atoms with Crippen LogP contribution in [0.4, 0.5) is 0 Å². The van der Waals surface area contributed by atoms with Crippen LogP contribution in [0.25, 0.3) is 0 Å². The minimum Gasteiger partial charge on any atom is -0.466 e. The standard InChI is InChI=1S/C17H15O/c1-13-11-12-16(18-13)17(15-9-5-6-10-15)14-7-3-2-4-8-14/h2-12,17H,1H3. The van der Waals surface area contributed by atoms with Crippen molar-refractivity contribution < 1.29 is 4.42 Å². The second-order valence-corrected chi connectivity index (χ2v) is 4.51. The van der Waals surface area contributed by atoms with Crippen LogP contribution in [-0.4, -0.2) is 0 Å². The first-order valence-electron chi connectivity index (χ1n) is 6.17. The highest BCUT2D eigenvalue weighted by molar-refractivity contribution is 5.47. The summed E-state index contributed by atoms with van der Waals surface area (Å²) in [5.74, 6) is 3.42. The Balaban J connectivity index is 1.98. The first-order valence-corrected chi connectivity index (χ1v) is 6.17. The molecule has 1 heteroatoms. The summed E-state index contributed by atoms with van der Waals surface area (Å²) in [6.07, 6.45) is 8.44. The molecular formula is C17H15O. The largest absolute Gasteiger partial charge is 0.466 e. The van der Waals surface area contributed by atoms with E-state index in [9.17, 15) is 0 Å². The van der Waals surface area contributed by atoms with Gasteiger partial charge in [-0.1, -0.05) is 30.3 Å². The van der Waals surface area contributed by atoms with E-state index < -0.39 is 0 Å². The normalized spacial score (nSPS) is 18.1. The molecule has 18 heavy (non-hydrogen) atoms. The Labute approximate surface area is 109 Å². The molecule has 0 bridgehead atoms. The molecule has 1 saturated carbocycles. The molecule has 0 saturated heterocycles. The molecule has 3 rings (SSSR count). The highest BCUT2D eigenvalue weighted by Crippen LogP contribution is 2.41. The van der Waals surface area contributed by atoms with E-state index in [0.29, 0.717) is 0 Å². The fourth-order valence-corrected chi connectivity index (χ4v) is 2.36. The lowest BCUT2D eigenvalue weighted by atomic mass is 9.83. The van der Waals surface area contributed by atoms with Crippen LogP contribution in [0.2, 0.25) is 0 Å². The van der Waals surface area contributed by atoms with E-state index in [1.165, 1.54) is 11.5 Å². The summed E-state index contributed by atoms with van der Waals surface area (Å²) in [4.78, 5) is 0. The van der Waals surface area contributed by atoms with Crippen LogP contribution in [0.1, 0.15) is 23.0 Å². The predicted octanol–water partition coefficient (Wildman–Crippen LogP) is 4.13. The average Bonchev–Trinajstić information content (AvgIpc) is 3.04. The Hall–Kier alpha value is -1.50. The van der Waals surface area contributed by atoms with Gasteiger partial charge in [-0.15, -0.1) is 0 Å². The van der Waals surface area contributed by atoms with Crippen LogP contribution in [0.3, 0.4) is 0 Å². The van der Waals surface area contributed by atoms with Crippen molar-refractivity contribution in [3.8, 4) is 0 Å². The fraction of sp³-hybridized carbons (Fsp3) is 0.118. The maximum Gasteiger partial charge on any atom is 0.112 e. The third-order valence-corrected chi connectivity index (χ3v) is 3.20. The van der Waals surface area contributed by atoms with E-state index in [2.05, 4.69) is 56.0 Å². The van der Waals surface area contributed by atoms with Crippen LogP contribution >= 0.6 is 0 Å². The van der Waals surface area contributed by atoms with Gasteiger partial charge in [-0.25, -0.2) is 0 Å². The molecule has 0 amide bonds. The van der Waals surface area contributed by atoms with E-state index in [-0.39, 0.29) is 5.92 Å². The number of furan rings is 1. The molecule has 0 aliphatic heterocycles. The summed E-state index contributed by atoms with van der Waals surface area (Å²) in [6.45, 7) is 1.98. The molecule has 1 heterocycles. The van der Waals surface area contributed by atoms with Crippen molar-refractivity contribution in [1.29, 1.82) is 0 Å². The smallest absolute Gasteiger partial charge is 0.112 e. The predicted molar refractivity (Wildman–Crippen MR) is 72.2 cm³/mol. The monoisotopic (exact) mass is 235 g/mol. The van der Waals surface area contributed by atoms with Gasteiger partial charge in [-0.3, -0.25) is 0 Å². The molecule has 1 fully saturated rings. The van der Waals surface area contributed by atoms with Crippen molar-refractivity contribution in [2.45, 2.75) is 12.8 Å². The molecule has 0 N–H and O–H groups in total. The Bertz CT molecular complexity index is 491. The third-order valence-electron chi connectivity index (χ3n) is 3.20. The Kier molecular flexibility index (Phi) is 3.22. The highest BCUT2D eigenvalue weighted by atomic mass is 16.3. The van der Waals surface area contributed by atoms with Crippen molar-refractivity contribution in [3.05, 3.63) is 91.1 Å². The molecule has 0 spiro atoms. The number of rotatable bonds is 3. The van der Waals surface area contributed by atoms with Gasteiger partial charge in [-0.05, 0) is 56.2 Å². The number of aryl methyl sites for hydroxylation is 1. The van der Waals surface area contributed by atoms with E-state index >= 15 is 0 Å². The van der Waals surface area contributed by atoms with Gasteiger partial charge in [0, 0.05) is 5.92 Å². The zero-order chi connectivity index (χ0) is 12.4. The summed E-state index contributed by atoms with van der Waals surface area (Å²) < 4.78 is 5.82. The molecule has 1 aromatic heterocycles. The van der Waals surface area contributed by atoms with E-state index in [1.54, 1.807) is 0 Å². The van der Waals surface area contributed by atoms with Crippen LogP contribution < -0.4 is 0 Å². The molecule has 1 unspecified atom stereocenters. The molecule has 89 valence electrons. The Morgan fingerprint density at radius 3 is 2.22 bits per heavy atom. The van der Waals surface area contributed by atoms with Gasteiger partial charge < -0.3 is 4.42 Å². The number of hydrogen-bond donors (Lipinski definition) is 0. The topological polar surface area (TPSA) is 13.1 Å². The lowest BCUT2D eigenvalue weighted by Gasteiger charge is -2.21. The van der Waals surface area contributed by atoms with Crippen molar-refractivity contribution >= 4 is 0 Å². The fourth-order valence-electron chi connectivity index (χ4n) is 2.36. The minimum absolute atomic E-state index is 0.190. The zero-order valence-electron chi connectivity index (χ0n) is 10.3. The van der Waals surface area contributed by atoms with Gasteiger partial charge in [0.2, 0.25) is 0 Å². The van der Waals surface area contributed by atoms with Crippen molar-refractivity contribution in [2.24, 2.45) is 0 Å². The van der Waals surface area contributed by atoms with Gasteiger partial charge in [0.1, 0.15) is 11.5 Å². The van der Waals surface area contributed by atoms with E-state index in [4.69, 9.17) is 4.42 Å². The van der Waals surface area contributed by atoms with Crippen LogP contribution in [-0.2, 0) is 0 Å². The summed E-state index contributed by atoms with van der Waals surface area (Å²) in [5.41, 5.74) is 1.26. The number of benzene rings is 1. The van der Waals surface area contributed by atoms with Gasteiger partial charge in [0.15, 0.2) is 0 Å². The highest BCUT2D eigenvalue weighted by Gasteiger charge is 2.30. The molecule has 1 nitrogen and oxygen atoms in total. The first kappa shape index (κ1) is 11.6. The summed E-state index contributed by atoms with van der Waals surface area (Å²) in [6, 6.07) is 14.6. The van der Waals surface area contributed by atoms with Gasteiger partial charge in [-0.2, -0.15) is 0 Å². The number of hydrogen-bond acceptors (Lipinski definition) is 1. The van der Waals surface area contributed by atoms with E-state index in [0.717, 1.165) is 11.5 Å². The third kappa shape index (κ3) is 2.22. The molecule has 2 aromatic rings. The van der Waals surface area contributed by atoms with Crippen molar-refractivity contribution in [2.75, 3.05) is 0 Å². The lowest BCUT2D eigenvalue weighted by molar-refractivity contribution is 0.470. The van der Waals surface area contributed by atoms with Crippen molar-refractivity contribution in [1.82, 2.24) is 0 Å². The molecule has 1 aliphatic carbocycles. The molecule has 1 aromatic carbocycles. The first-order chi connectivity index (χ1) is 8.84. The molecular weight excluding hydrogens is 220 g/mol. The molecule has 5 radical (unpaired) electrons. The Morgan fingerprint density at radius 2 is 1.61 bits per heavy atom. The van der Waals surface area contributed by atoms with E-state index in [1.807, 2.05) is 19.1 Å². The second-order valence-electron chi connectivity index (χ2n) is 4.51. The van der Waals surface area contributed by atoms with Gasteiger partial charge >= 0.3 is 0 Å². The maximum atomic E-state index is 5.82. The van der Waals surface area contributed by atoms with Crippen molar-refractivity contribution in [3.63, 3.8) is 0 Å².